The van der Waals surface area contributed by atoms with E-state index in [2.05, 4.69) is 4.98 Å². The monoisotopic (exact) mass is 139 g/mol. The van der Waals surface area contributed by atoms with Crippen LogP contribution >= 0.6 is 11.3 Å². The van der Waals surface area contributed by atoms with Gasteiger partial charge in [-0.15, -0.1) is 0 Å². The SMILES string of the molecule is Nc1cn2cncc2s1. The first kappa shape index (κ1) is 4.81. The van der Waals surface area contributed by atoms with Crippen molar-refractivity contribution in [2.45, 2.75) is 0 Å². The van der Waals surface area contributed by atoms with E-state index in [0.717, 1.165) is 9.83 Å². The van der Waals surface area contributed by atoms with Crippen molar-refractivity contribution in [1.29, 1.82) is 0 Å². The smallest absolute Gasteiger partial charge is 0.121 e. The molecule has 46 valence electrons. The Morgan fingerprint density at radius 3 is 3.33 bits per heavy atom. The van der Waals surface area contributed by atoms with Gasteiger partial charge in [-0.05, 0) is 0 Å². The fraction of sp³-hybridized carbons (Fsp3) is 0. The van der Waals surface area contributed by atoms with E-state index in [-0.39, 0.29) is 0 Å². The number of rotatable bonds is 0. The van der Waals surface area contributed by atoms with Crippen molar-refractivity contribution >= 4 is 21.2 Å². The summed E-state index contributed by atoms with van der Waals surface area (Å²) in [7, 11) is 0. The standard InChI is InChI=1S/C5H5N3S/c6-4-2-8-3-7-1-5(8)9-4/h1-3H,6H2. The summed E-state index contributed by atoms with van der Waals surface area (Å²) < 4.78 is 1.90. The molecule has 3 nitrogen and oxygen atoms in total. The molecule has 0 amide bonds. The molecule has 0 aliphatic carbocycles. The molecule has 0 aromatic carbocycles. The van der Waals surface area contributed by atoms with Gasteiger partial charge in [-0.1, -0.05) is 11.3 Å². The van der Waals surface area contributed by atoms with Crippen LogP contribution in [0.1, 0.15) is 0 Å². The fourth-order valence-electron chi connectivity index (χ4n) is 0.753. The van der Waals surface area contributed by atoms with Crippen molar-refractivity contribution in [3.05, 3.63) is 18.7 Å². The highest BCUT2D eigenvalue weighted by Gasteiger charge is 1.94. The van der Waals surface area contributed by atoms with Gasteiger partial charge in [-0.25, -0.2) is 4.98 Å². The molecule has 0 saturated heterocycles. The molecule has 0 spiro atoms. The van der Waals surface area contributed by atoms with Crippen LogP contribution in [0, 0.1) is 0 Å². The van der Waals surface area contributed by atoms with Crippen molar-refractivity contribution < 1.29 is 0 Å². The summed E-state index contributed by atoms with van der Waals surface area (Å²) in [5, 5.41) is 0.826. The third-order valence-corrected chi connectivity index (χ3v) is 1.99. The molecule has 2 aromatic rings. The van der Waals surface area contributed by atoms with Crippen molar-refractivity contribution in [3.63, 3.8) is 0 Å². The minimum absolute atomic E-state index is 0.826. The maximum Gasteiger partial charge on any atom is 0.121 e. The Bertz CT molecular complexity index is 293. The summed E-state index contributed by atoms with van der Waals surface area (Å²) >= 11 is 1.54. The van der Waals surface area contributed by atoms with Gasteiger partial charge in [0.1, 0.15) is 9.83 Å². The predicted octanol–water partition coefficient (Wildman–Crippen LogP) is 0.978. The Hall–Kier alpha value is -1.03. The Morgan fingerprint density at radius 2 is 2.56 bits per heavy atom. The number of hydrogen-bond acceptors (Lipinski definition) is 3. The van der Waals surface area contributed by atoms with Crippen LogP contribution in [0.25, 0.3) is 4.83 Å². The Labute approximate surface area is 55.7 Å². The number of hydrogen-bond donors (Lipinski definition) is 1. The average Bonchev–Trinajstić information content (AvgIpc) is 2.22. The van der Waals surface area contributed by atoms with Gasteiger partial charge in [0.2, 0.25) is 0 Å². The molecule has 0 unspecified atom stereocenters. The zero-order valence-corrected chi connectivity index (χ0v) is 5.43. The Balaban J connectivity index is 2.92. The first-order valence-corrected chi connectivity index (χ1v) is 3.35. The number of imidazole rings is 1. The molecule has 0 aliphatic rings. The topological polar surface area (TPSA) is 43.3 Å². The number of anilines is 1. The fourth-order valence-corrected chi connectivity index (χ4v) is 1.48. The normalized spacial score (nSPS) is 10.7. The van der Waals surface area contributed by atoms with E-state index < -0.39 is 0 Å². The van der Waals surface area contributed by atoms with E-state index in [9.17, 15) is 0 Å². The van der Waals surface area contributed by atoms with Crippen LogP contribution in [-0.2, 0) is 0 Å². The molecule has 0 aliphatic heterocycles. The molecule has 2 rings (SSSR count). The van der Waals surface area contributed by atoms with Crippen molar-refractivity contribution in [3.8, 4) is 0 Å². The van der Waals surface area contributed by atoms with Crippen molar-refractivity contribution in [2.24, 2.45) is 0 Å². The van der Waals surface area contributed by atoms with E-state index in [0.29, 0.717) is 0 Å². The van der Waals surface area contributed by atoms with Crippen LogP contribution in [0.3, 0.4) is 0 Å². The van der Waals surface area contributed by atoms with Crippen molar-refractivity contribution in [1.82, 2.24) is 9.38 Å². The third kappa shape index (κ3) is 0.598. The maximum atomic E-state index is 5.50. The molecule has 0 saturated carbocycles. The molecule has 0 atom stereocenters. The lowest BCUT2D eigenvalue weighted by molar-refractivity contribution is 1.18. The molecule has 9 heavy (non-hydrogen) atoms. The number of fused-ring (bicyclic) bond motifs is 1. The lowest BCUT2D eigenvalue weighted by Crippen LogP contribution is -1.76. The van der Waals surface area contributed by atoms with Gasteiger partial charge >= 0.3 is 0 Å². The van der Waals surface area contributed by atoms with E-state index in [1.54, 1.807) is 12.5 Å². The molecule has 0 radical (unpaired) electrons. The van der Waals surface area contributed by atoms with Crippen LogP contribution in [-0.4, -0.2) is 9.38 Å². The van der Waals surface area contributed by atoms with Crippen LogP contribution in [0.15, 0.2) is 18.7 Å². The van der Waals surface area contributed by atoms with Gasteiger partial charge in [-0.2, -0.15) is 0 Å². The molecule has 0 fully saturated rings. The first-order valence-electron chi connectivity index (χ1n) is 2.53. The number of nitrogen functional groups attached to an aromatic ring is 1. The summed E-state index contributed by atoms with van der Waals surface area (Å²) in [6, 6.07) is 0. The zero-order chi connectivity index (χ0) is 6.27. The predicted molar refractivity (Wildman–Crippen MR) is 37.5 cm³/mol. The average molecular weight is 139 g/mol. The van der Waals surface area contributed by atoms with E-state index in [1.165, 1.54) is 11.3 Å². The molecule has 0 bridgehead atoms. The second kappa shape index (κ2) is 1.48. The largest absolute Gasteiger partial charge is 0.389 e. The summed E-state index contributed by atoms with van der Waals surface area (Å²) in [5.74, 6) is 0. The molecule has 2 N–H and O–H groups in total. The number of aromatic nitrogens is 2. The summed E-state index contributed by atoms with van der Waals surface area (Å²) in [6.07, 6.45) is 5.39. The summed E-state index contributed by atoms with van der Waals surface area (Å²) in [6.45, 7) is 0. The lowest BCUT2D eigenvalue weighted by atomic mass is 10.8. The van der Waals surface area contributed by atoms with Gasteiger partial charge in [0.25, 0.3) is 0 Å². The molecule has 4 heteroatoms. The highest BCUT2D eigenvalue weighted by molar-refractivity contribution is 7.21. The second-order valence-corrected chi connectivity index (χ2v) is 2.87. The third-order valence-electron chi connectivity index (χ3n) is 1.12. The molecular formula is C5H5N3S. The van der Waals surface area contributed by atoms with Gasteiger partial charge in [0.05, 0.1) is 12.5 Å². The minimum Gasteiger partial charge on any atom is -0.389 e. The highest BCUT2D eigenvalue weighted by atomic mass is 32.1. The van der Waals surface area contributed by atoms with Gasteiger partial charge < -0.3 is 5.73 Å². The number of nitrogens with two attached hydrogens (primary N) is 1. The van der Waals surface area contributed by atoms with Gasteiger partial charge in [0.15, 0.2) is 0 Å². The van der Waals surface area contributed by atoms with Crippen LogP contribution in [0.4, 0.5) is 5.00 Å². The Kier molecular flexibility index (Phi) is 0.790. The Morgan fingerprint density at radius 1 is 1.67 bits per heavy atom. The summed E-state index contributed by atoms with van der Waals surface area (Å²) in [4.78, 5) is 5.01. The molecule has 2 aromatic heterocycles. The maximum absolute atomic E-state index is 5.50. The highest BCUT2D eigenvalue weighted by Crippen LogP contribution is 2.17. The summed E-state index contributed by atoms with van der Waals surface area (Å²) in [5.41, 5.74) is 5.50. The molecule has 2 heterocycles. The first-order chi connectivity index (χ1) is 4.36. The second-order valence-electron chi connectivity index (χ2n) is 1.77. The van der Waals surface area contributed by atoms with E-state index >= 15 is 0 Å². The number of thiazole rings is 1. The van der Waals surface area contributed by atoms with Crippen LogP contribution < -0.4 is 5.73 Å². The van der Waals surface area contributed by atoms with Crippen molar-refractivity contribution in [2.75, 3.05) is 5.73 Å². The van der Waals surface area contributed by atoms with Gasteiger partial charge in [0, 0.05) is 6.20 Å². The van der Waals surface area contributed by atoms with E-state index in [4.69, 9.17) is 5.73 Å². The number of nitrogens with zero attached hydrogens (tertiary/aromatic N) is 2. The minimum atomic E-state index is 0.826. The quantitative estimate of drug-likeness (QED) is 0.591. The molecular weight excluding hydrogens is 134 g/mol. The lowest BCUT2D eigenvalue weighted by Gasteiger charge is -1.73. The van der Waals surface area contributed by atoms with Gasteiger partial charge in [-0.3, -0.25) is 4.40 Å². The van der Waals surface area contributed by atoms with E-state index in [1.807, 2.05) is 10.6 Å². The zero-order valence-electron chi connectivity index (χ0n) is 4.61. The van der Waals surface area contributed by atoms with Crippen LogP contribution in [0.5, 0.6) is 0 Å². The van der Waals surface area contributed by atoms with Crippen LogP contribution in [0.2, 0.25) is 0 Å².